The van der Waals surface area contributed by atoms with Gasteiger partial charge in [0.1, 0.15) is 16.8 Å². The number of nitrogens with zero attached hydrogens (tertiary/aromatic N) is 3. The van der Waals surface area contributed by atoms with Crippen molar-refractivity contribution in [3.8, 4) is 6.07 Å². The Hall–Kier alpha value is -1.56. The van der Waals surface area contributed by atoms with Crippen LogP contribution in [0.1, 0.15) is 16.0 Å². The van der Waals surface area contributed by atoms with E-state index in [2.05, 4.69) is 15.3 Å². The van der Waals surface area contributed by atoms with Crippen molar-refractivity contribution in [3.05, 3.63) is 34.5 Å². The SMILES string of the molecule is [3H][B]SOCc1cc(Nc2ncc(C#N)s2)ncc1C. The van der Waals surface area contributed by atoms with E-state index in [1.165, 1.54) is 17.5 Å². The number of aromatic nitrogens is 2. The van der Waals surface area contributed by atoms with Crippen molar-refractivity contribution in [2.75, 3.05) is 5.32 Å². The van der Waals surface area contributed by atoms with E-state index in [9.17, 15) is 0 Å². The molecule has 0 spiro atoms. The average molecular weight is 291 g/mol. The number of pyridine rings is 1. The largest absolute Gasteiger partial charge is 0.323 e. The molecule has 2 aromatic heterocycles. The molecule has 0 saturated carbocycles. The topological polar surface area (TPSA) is 70.8 Å². The van der Waals surface area contributed by atoms with Gasteiger partial charge in [0.2, 0.25) is 7.09 Å². The van der Waals surface area contributed by atoms with Gasteiger partial charge in [0.15, 0.2) is 5.13 Å². The second-order valence-corrected chi connectivity index (χ2v) is 5.08. The van der Waals surface area contributed by atoms with Gasteiger partial charge in [0.25, 0.3) is 0 Å². The summed E-state index contributed by atoms with van der Waals surface area (Å²) >= 11 is 2.25. The fraction of sp³-hybridized carbons (Fsp3) is 0.182. The van der Waals surface area contributed by atoms with Gasteiger partial charge in [-0.3, -0.25) is 0 Å². The average Bonchev–Trinajstić information content (AvgIpc) is 2.90. The molecule has 5 nitrogen and oxygen atoms in total. The summed E-state index contributed by atoms with van der Waals surface area (Å²) in [6, 6.07) is 3.91. The van der Waals surface area contributed by atoms with Crippen molar-refractivity contribution >= 4 is 41.3 Å². The highest BCUT2D eigenvalue weighted by molar-refractivity contribution is 8.15. The van der Waals surface area contributed by atoms with Gasteiger partial charge in [-0.1, -0.05) is 23.2 Å². The van der Waals surface area contributed by atoms with Gasteiger partial charge in [0, 0.05) is 6.20 Å². The van der Waals surface area contributed by atoms with Crippen molar-refractivity contribution in [1.82, 2.24) is 9.97 Å². The first kappa shape index (κ1) is 12.5. The maximum Gasteiger partial charge on any atom is 0.209 e. The van der Waals surface area contributed by atoms with Crippen LogP contribution in [0.25, 0.3) is 0 Å². The summed E-state index contributed by atoms with van der Waals surface area (Å²) in [4.78, 5) is 8.90. The zero-order chi connectivity index (χ0) is 14.4. The van der Waals surface area contributed by atoms with Gasteiger partial charge in [-0.25, -0.2) is 9.97 Å². The molecule has 0 aliphatic heterocycles. The highest BCUT2D eigenvalue weighted by Crippen LogP contribution is 2.22. The molecule has 2 heterocycles. The van der Waals surface area contributed by atoms with E-state index in [-0.39, 0.29) is 0 Å². The molecule has 1 radical (unpaired) electrons. The molecule has 0 fully saturated rings. The number of aryl methyl sites for hydroxylation is 1. The highest BCUT2D eigenvalue weighted by atomic mass is 32.2. The van der Waals surface area contributed by atoms with E-state index in [4.69, 9.17) is 10.8 Å². The lowest BCUT2D eigenvalue weighted by Gasteiger charge is -2.08. The molecule has 0 aliphatic rings. The summed E-state index contributed by atoms with van der Waals surface area (Å²) in [6.07, 6.45) is 3.26. The first-order valence-electron chi connectivity index (χ1n) is 5.87. The van der Waals surface area contributed by atoms with Crippen molar-refractivity contribution in [2.24, 2.45) is 0 Å². The lowest BCUT2D eigenvalue weighted by Crippen LogP contribution is -1.97. The van der Waals surface area contributed by atoms with Gasteiger partial charge in [-0.05, 0) is 25.5 Å². The lowest BCUT2D eigenvalue weighted by atomic mass is 10.2. The fourth-order valence-electron chi connectivity index (χ4n) is 1.38. The minimum absolute atomic E-state index is 0.393. The molecule has 0 atom stereocenters. The molecule has 0 amide bonds. The van der Waals surface area contributed by atoms with E-state index in [1.54, 1.807) is 6.20 Å². The number of thiazole rings is 1. The van der Waals surface area contributed by atoms with Gasteiger partial charge < -0.3 is 9.50 Å². The number of rotatable bonds is 6. The first-order valence-corrected chi connectivity index (χ1v) is 6.92. The Balaban J connectivity index is 2.08. The number of nitriles is 1. The Morgan fingerprint density at radius 3 is 3.26 bits per heavy atom. The number of hydrogen-bond acceptors (Lipinski definition) is 7. The Bertz CT molecular complexity index is 631. The fourth-order valence-corrected chi connectivity index (χ4v) is 2.20. The van der Waals surface area contributed by atoms with E-state index in [1.807, 2.05) is 19.1 Å². The Labute approximate surface area is 121 Å². The van der Waals surface area contributed by atoms with Gasteiger partial charge in [-0.15, -0.1) is 0 Å². The third-order valence-corrected chi connectivity index (χ3v) is 3.42. The summed E-state index contributed by atoms with van der Waals surface area (Å²) in [7, 11) is 1.13. The summed E-state index contributed by atoms with van der Waals surface area (Å²) in [5, 5.41) is 12.4. The van der Waals surface area contributed by atoms with Crippen LogP contribution in [0.3, 0.4) is 0 Å². The van der Waals surface area contributed by atoms with Crippen LogP contribution >= 0.6 is 23.2 Å². The van der Waals surface area contributed by atoms with Crippen molar-refractivity contribution in [2.45, 2.75) is 13.5 Å². The molecule has 0 aliphatic carbocycles. The molecule has 2 rings (SSSR count). The maximum absolute atomic E-state index is 8.76. The van der Waals surface area contributed by atoms with Crippen LogP contribution in [0.5, 0.6) is 0 Å². The summed E-state index contributed by atoms with van der Waals surface area (Å²) in [6.45, 7) is 2.34. The number of anilines is 2. The molecule has 1 N–H and O–H groups in total. The van der Waals surface area contributed by atoms with Crippen LogP contribution in [0.15, 0.2) is 18.5 Å². The highest BCUT2D eigenvalue weighted by Gasteiger charge is 2.05. The number of hydrogen-bond donors (Lipinski definition) is 1. The lowest BCUT2D eigenvalue weighted by molar-refractivity contribution is 0.368. The molecular weight excluding hydrogens is 279 g/mol. The van der Waals surface area contributed by atoms with Gasteiger partial charge in [0.05, 0.1) is 12.8 Å². The number of nitrogens with one attached hydrogen (secondary N) is 1. The monoisotopic (exact) mass is 291 g/mol. The second-order valence-electron chi connectivity index (χ2n) is 3.62. The minimum Gasteiger partial charge on any atom is -0.323 e. The first-order chi connectivity index (χ1) is 9.72. The van der Waals surface area contributed by atoms with E-state index in [0.29, 0.717) is 22.4 Å². The van der Waals surface area contributed by atoms with Crippen molar-refractivity contribution in [3.63, 3.8) is 0 Å². The molecule has 8 heteroatoms. The maximum atomic E-state index is 8.76. The van der Waals surface area contributed by atoms with Crippen LogP contribution < -0.4 is 5.32 Å². The molecule has 0 aromatic carbocycles. The summed E-state index contributed by atoms with van der Waals surface area (Å²) < 4.78 is 12.1. The Morgan fingerprint density at radius 1 is 1.63 bits per heavy atom. The zero-order valence-corrected chi connectivity index (χ0v) is 11.7. The van der Waals surface area contributed by atoms with Crippen LogP contribution in [-0.4, -0.2) is 18.4 Å². The molecule has 0 bridgehead atoms. The molecule has 0 saturated heterocycles. The Morgan fingerprint density at radius 2 is 2.53 bits per heavy atom. The van der Waals surface area contributed by atoms with Crippen molar-refractivity contribution < 1.29 is 4.18 Å². The third kappa shape index (κ3) is 3.70. The second kappa shape index (κ2) is 6.56. The molecule has 0 unspecified atom stereocenters. The summed E-state index contributed by atoms with van der Waals surface area (Å²) in [5.74, 6) is 0.646. The predicted octanol–water partition coefficient (Wildman–Crippen LogP) is 2.44. The van der Waals surface area contributed by atoms with E-state index < -0.39 is 0 Å². The standard InChI is InChI=1S/C11H10BN4OS2/c1-7-4-14-10(2-8(7)6-17-19-12)16-11-15-5-9(3-13)18-11/h2,4-5,12H,6H2,1H3,(H,14,15,16)/i12T. The van der Waals surface area contributed by atoms with Crippen LogP contribution in [-0.2, 0) is 10.8 Å². The smallest absolute Gasteiger partial charge is 0.209 e. The quantitative estimate of drug-likeness (QED) is 0.501. The Kier molecular flexibility index (Phi) is 4.31. The molecule has 2 aromatic rings. The zero-order valence-electron chi connectivity index (χ0n) is 11.1. The molecule has 95 valence electrons. The van der Waals surface area contributed by atoms with E-state index in [0.717, 1.165) is 30.1 Å². The predicted molar refractivity (Wildman–Crippen MR) is 78.6 cm³/mol. The summed E-state index contributed by atoms with van der Waals surface area (Å²) in [5.41, 5.74) is 1.99. The van der Waals surface area contributed by atoms with Crippen molar-refractivity contribution in [1.29, 1.82) is 6.60 Å². The van der Waals surface area contributed by atoms with Gasteiger partial charge in [-0.2, -0.15) is 5.26 Å². The minimum atomic E-state index is 0.393. The normalized spacial score (nSPS) is 10.6. The molecular formula is C11H10BN4OS2. The van der Waals surface area contributed by atoms with Crippen LogP contribution in [0.4, 0.5) is 10.9 Å². The van der Waals surface area contributed by atoms with E-state index >= 15 is 0 Å². The van der Waals surface area contributed by atoms with Crippen LogP contribution in [0.2, 0.25) is 0 Å². The third-order valence-electron chi connectivity index (χ3n) is 2.35. The van der Waals surface area contributed by atoms with Crippen LogP contribution in [0, 0.1) is 18.3 Å². The molecule has 19 heavy (non-hydrogen) atoms. The van der Waals surface area contributed by atoms with Gasteiger partial charge >= 0.3 is 0 Å².